The van der Waals surface area contributed by atoms with E-state index in [9.17, 15) is 14.4 Å². The van der Waals surface area contributed by atoms with Gasteiger partial charge in [-0.2, -0.15) is 0 Å². The van der Waals surface area contributed by atoms with Crippen molar-refractivity contribution in [3.8, 4) is 0 Å². The maximum atomic E-state index is 11.4. The topological polar surface area (TPSA) is 80.7 Å². The molecule has 0 heterocycles. The summed E-state index contributed by atoms with van der Waals surface area (Å²) < 4.78 is 4.47. The van der Waals surface area contributed by atoms with Crippen LogP contribution in [0.25, 0.3) is 0 Å². The van der Waals surface area contributed by atoms with Gasteiger partial charge in [0.2, 0.25) is 0 Å². The van der Waals surface area contributed by atoms with E-state index in [1.807, 2.05) is 0 Å². The average molecular weight is 234 g/mol. The third-order valence-electron chi connectivity index (χ3n) is 1.90. The summed E-state index contributed by atoms with van der Waals surface area (Å²) in [6.45, 7) is 4.75. The lowest BCUT2D eigenvalue weighted by atomic mass is 10.1. The first-order valence-electron chi connectivity index (χ1n) is 4.67. The van der Waals surface area contributed by atoms with Gasteiger partial charge in [-0.25, -0.2) is 14.4 Å². The summed E-state index contributed by atoms with van der Waals surface area (Å²) in [5.41, 5.74) is 0.262. The molecule has 17 heavy (non-hydrogen) atoms. The van der Waals surface area contributed by atoms with Gasteiger partial charge in [0.1, 0.15) is 0 Å². The lowest BCUT2D eigenvalue weighted by Gasteiger charge is -2.02. The van der Waals surface area contributed by atoms with Crippen LogP contribution in [0, 0.1) is 0 Å². The zero-order valence-corrected chi connectivity index (χ0v) is 9.10. The Hall–Kier alpha value is -2.43. The number of esters is 2. The maximum Gasteiger partial charge on any atom is 0.346 e. The Labute approximate surface area is 97.3 Å². The molecule has 5 nitrogen and oxygen atoms in total. The van der Waals surface area contributed by atoms with E-state index in [0.717, 1.165) is 0 Å². The SMILES string of the molecule is C=C(C)C(=O)OC(=O)c1ccc(C(=O)O)cc1. The minimum atomic E-state index is -1.09. The summed E-state index contributed by atoms with van der Waals surface area (Å²) in [6, 6.07) is 5.06. The molecule has 0 aliphatic carbocycles. The molecule has 0 atom stereocenters. The molecule has 0 unspecified atom stereocenters. The van der Waals surface area contributed by atoms with E-state index in [4.69, 9.17) is 5.11 Å². The summed E-state index contributed by atoms with van der Waals surface area (Å²) in [7, 11) is 0. The number of rotatable bonds is 3. The second-order valence-electron chi connectivity index (χ2n) is 3.34. The number of aromatic carboxylic acids is 1. The van der Waals surface area contributed by atoms with Gasteiger partial charge in [0.15, 0.2) is 0 Å². The quantitative estimate of drug-likeness (QED) is 0.488. The van der Waals surface area contributed by atoms with Crippen molar-refractivity contribution in [1.29, 1.82) is 0 Å². The zero-order chi connectivity index (χ0) is 13.0. The Bertz CT molecular complexity index is 484. The predicted octanol–water partition coefficient (Wildman–Crippen LogP) is 1.64. The summed E-state index contributed by atoms with van der Waals surface area (Å²) >= 11 is 0. The number of ether oxygens (including phenoxy) is 1. The largest absolute Gasteiger partial charge is 0.478 e. The van der Waals surface area contributed by atoms with Crippen molar-refractivity contribution < 1.29 is 24.2 Å². The van der Waals surface area contributed by atoms with Crippen LogP contribution in [0.3, 0.4) is 0 Å². The minimum absolute atomic E-state index is 0.0489. The molecule has 1 aromatic carbocycles. The van der Waals surface area contributed by atoms with Crippen LogP contribution in [0.15, 0.2) is 36.4 Å². The van der Waals surface area contributed by atoms with Gasteiger partial charge in [0.25, 0.3) is 0 Å². The van der Waals surface area contributed by atoms with Crippen molar-refractivity contribution in [2.75, 3.05) is 0 Å². The second kappa shape index (κ2) is 5.07. The van der Waals surface area contributed by atoms with Crippen LogP contribution < -0.4 is 0 Å². The molecule has 0 spiro atoms. The Kier molecular flexibility index (Phi) is 3.77. The standard InChI is InChI=1S/C12H10O5/c1-7(2)11(15)17-12(16)9-5-3-8(4-6-9)10(13)14/h3-6H,1H2,2H3,(H,13,14). The number of benzene rings is 1. The number of carbonyl (C=O) groups is 3. The molecular weight excluding hydrogens is 224 g/mol. The van der Waals surface area contributed by atoms with Gasteiger partial charge < -0.3 is 9.84 Å². The molecule has 88 valence electrons. The van der Waals surface area contributed by atoms with E-state index < -0.39 is 17.9 Å². The summed E-state index contributed by atoms with van der Waals surface area (Å²) in [5, 5.41) is 8.65. The first-order valence-corrected chi connectivity index (χ1v) is 4.67. The van der Waals surface area contributed by atoms with E-state index in [-0.39, 0.29) is 16.7 Å². The highest BCUT2D eigenvalue weighted by Gasteiger charge is 2.13. The van der Waals surface area contributed by atoms with Crippen molar-refractivity contribution >= 4 is 17.9 Å². The molecule has 0 aliphatic heterocycles. The first-order chi connectivity index (χ1) is 7.91. The number of hydrogen-bond acceptors (Lipinski definition) is 4. The molecule has 1 N–H and O–H groups in total. The van der Waals surface area contributed by atoms with Gasteiger partial charge in [-0.15, -0.1) is 0 Å². The summed E-state index contributed by atoms with van der Waals surface area (Å²) in [4.78, 5) is 33.0. The minimum Gasteiger partial charge on any atom is -0.478 e. The number of carboxylic acids is 1. The van der Waals surface area contributed by atoms with Crippen molar-refractivity contribution in [2.45, 2.75) is 6.92 Å². The number of carboxylic acid groups (broad SMARTS) is 1. The number of hydrogen-bond donors (Lipinski definition) is 1. The highest BCUT2D eigenvalue weighted by Crippen LogP contribution is 2.07. The van der Waals surface area contributed by atoms with Gasteiger partial charge in [-0.1, -0.05) is 6.58 Å². The van der Waals surface area contributed by atoms with Gasteiger partial charge in [0.05, 0.1) is 11.1 Å². The van der Waals surface area contributed by atoms with Gasteiger partial charge in [-0.05, 0) is 31.2 Å². The van der Waals surface area contributed by atoms with Crippen LogP contribution in [-0.4, -0.2) is 23.0 Å². The van der Waals surface area contributed by atoms with E-state index >= 15 is 0 Å². The molecule has 0 bridgehead atoms. The highest BCUT2D eigenvalue weighted by atomic mass is 16.6. The molecular formula is C12H10O5. The Morgan fingerprint density at radius 2 is 1.59 bits per heavy atom. The second-order valence-corrected chi connectivity index (χ2v) is 3.34. The molecule has 0 aromatic heterocycles. The molecule has 0 aliphatic rings. The van der Waals surface area contributed by atoms with E-state index in [1.54, 1.807) is 0 Å². The summed E-state index contributed by atoms with van der Waals surface area (Å²) in [5.74, 6) is -2.74. The third-order valence-corrected chi connectivity index (χ3v) is 1.90. The average Bonchev–Trinajstić information content (AvgIpc) is 2.28. The Balaban J connectivity index is 2.80. The first kappa shape index (κ1) is 12.6. The van der Waals surface area contributed by atoms with Crippen LogP contribution in [0.1, 0.15) is 27.6 Å². The van der Waals surface area contributed by atoms with Crippen molar-refractivity contribution in [3.63, 3.8) is 0 Å². The van der Waals surface area contributed by atoms with Gasteiger partial charge in [-0.3, -0.25) is 0 Å². The van der Waals surface area contributed by atoms with E-state index in [0.29, 0.717) is 0 Å². The lowest BCUT2D eigenvalue weighted by Crippen LogP contribution is -2.13. The Morgan fingerprint density at radius 1 is 1.12 bits per heavy atom. The van der Waals surface area contributed by atoms with Crippen LogP contribution in [0.4, 0.5) is 0 Å². The molecule has 0 radical (unpaired) electrons. The van der Waals surface area contributed by atoms with Crippen LogP contribution in [0.2, 0.25) is 0 Å². The third kappa shape index (κ3) is 3.27. The zero-order valence-electron chi connectivity index (χ0n) is 9.10. The molecule has 0 saturated carbocycles. The van der Waals surface area contributed by atoms with Crippen LogP contribution in [0.5, 0.6) is 0 Å². The predicted molar refractivity (Wildman–Crippen MR) is 58.6 cm³/mol. The molecule has 0 fully saturated rings. The fraction of sp³-hybridized carbons (Fsp3) is 0.0833. The van der Waals surface area contributed by atoms with Gasteiger partial charge >= 0.3 is 17.9 Å². The van der Waals surface area contributed by atoms with Gasteiger partial charge in [0, 0.05) is 5.57 Å². The van der Waals surface area contributed by atoms with E-state index in [1.165, 1.54) is 31.2 Å². The lowest BCUT2D eigenvalue weighted by molar-refractivity contribution is -0.133. The molecule has 1 rings (SSSR count). The van der Waals surface area contributed by atoms with Crippen molar-refractivity contribution in [1.82, 2.24) is 0 Å². The van der Waals surface area contributed by atoms with E-state index in [2.05, 4.69) is 11.3 Å². The van der Waals surface area contributed by atoms with Crippen LogP contribution in [-0.2, 0) is 9.53 Å². The highest BCUT2D eigenvalue weighted by molar-refractivity contribution is 6.02. The normalized spacial score (nSPS) is 9.47. The van der Waals surface area contributed by atoms with Crippen molar-refractivity contribution in [3.05, 3.63) is 47.5 Å². The fourth-order valence-corrected chi connectivity index (χ4v) is 0.979. The Morgan fingerprint density at radius 3 is 2.00 bits per heavy atom. The summed E-state index contributed by atoms with van der Waals surface area (Å²) in [6.07, 6.45) is 0. The van der Waals surface area contributed by atoms with Crippen LogP contribution >= 0.6 is 0 Å². The molecule has 1 aromatic rings. The molecule has 5 heteroatoms. The monoisotopic (exact) mass is 234 g/mol. The number of carbonyl (C=O) groups excluding carboxylic acids is 2. The smallest absolute Gasteiger partial charge is 0.346 e. The fourth-order valence-electron chi connectivity index (χ4n) is 0.979. The maximum absolute atomic E-state index is 11.4. The molecule has 0 saturated heterocycles. The molecule has 0 amide bonds. The van der Waals surface area contributed by atoms with Crippen molar-refractivity contribution in [2.24, 2.45) is 0 Å².